The van der Waals surface area contributed by atoms with Crippen LogP contribution in [-0.4, -0.2) is 23.5 Å². The first kappa shape index (κ1) is 22.7. The van der Waals surface area contributed by atoms with E-state index in [1.165, 1.54) is 26.2 Å². The molecule has 32 heavy (non-hydrogen) atoms. The van der Waals surface area contributed by atoms with E-state index in [9.17, 15) is 9.59 Å². The van der Waals surface area contributed by atoms with Gasteiger partial charge in [-0.05, 0) is 42.8 Å². The quantitative estimate of drug-likeness (QED) is 0.480. The lowest BCUT2D eigenvalue weighted by molar-refractivity contribution is -0.123. The molecule has 2 aromatic carbocycles. The number of ether oxygens (including phenoxy) is 2. The normalized spacial score (nSPS) is 13.1. The minimum atomic E-state index is -2.14. The van der Waals surface area contributed by atoms with Crippen LogP contribution in [0.25, 0.3) is 0 Å². The molecule has 0 spiro atoms. The van der Waals surface area contributed by atoms with Gasteiger partial charge in [-0.2, -0.15) is 11.8 Å². The summed E-state index contributed by atoms with van der Waals surface area (Å²) in [6, 6.07) is 10.1. The fraction of sp³-hybridized carbons (Fsp3) is 0.462. The molecule has 174 valence electrons. The second kappa shape index (κ2) is 10.4. The molecule has 2 aromatic rings. The SMILES string of the molecule is [2H]C([2H])(C(C)=O)c1ccc(OC)c(Oc2ccc(NC(=O)C(C)(C)C)cc2CSC(C)(C)C)c1. The molecular weight excluding hydrogens is 422 g/mol. The van der Waals surface area contributed by atoms with Gasteiger partial charge in [0, 0.05) is 36.3 Å². The van der Waals surface area contributed by atoms with Crippen LogP contribution in [0.3, 0.4) is 0 Å². The molecule has 0 unspecified atom stereocenters. The number of carbonyl (C=O) groups is 2. The molecule has 0 heterocycles. The van der Waals surface area contributed by atoms with Crippen molar-refractivity contribution in [1.29, 1.82) is 0 Å². The lowest BCUT2D eigenvalue weighted by atomic mass is 9.95. The number of hydrogen-bond donors (Lipinski definition) is 1. The van der Waals surface area contributed by atoms with Crippen LogP contribution in [0.5, 0.6) is 17.2 Å². The van der Waals surface area contributed by atoms with Crippen molar-refractivity contribution in [1.82, 2.24) is 0 Å². The lowest BCUT2D eigenvalue weighted by Gasteiger charge is -2.21. The van der Waals surface area contributed by atoms with E-state index in [-0.39, 0.29) is 16.2 Å². The Bertz CT molecular complexity index is 1060. The molecular formula is C26H35NO4S. The molecule has 0 radical (unpaired) electrons. The van der Waals surface area contributed by atoms with Crippen LogP contribution in [0.15, 0.2) is 36.4 Å². The summed E-state index contributed by atoms with van der Waals surface area (Å²) in [7, 11) is 1.50. The third-order valence-electron chi connectivity index (χ3n) is 4.36. The number of methoxy groups -OCH3 is 1. The number of rotatable bonds is 8. The molecule has 0 aromatic heterocycles. The predicted molar refractivity (Wildman–Crippen MR) is 133 cm³/mol. The van der Waals surface area contributed by atoms with Gasteiger partial charge in [0.1, 0.15) is 11.5 Å². The lowest BCUT2D eigenvalue weighted by Crippen LogP contribution is -2.27. The second-order valence-corrected chi connectivity index (χ2v) is 11.4. The smallest absolute Gasteiger partial charge is 0.229 e. The van der Waals surface area contributed by atoms with E-state index in [4.69, 9.17) is 12.2 Å². The number of amides is 1. The maximum absolute atomic E-state index is 12.5. The van der Waals surface area contributed by atoms with E-state index in [1.807, 2.05) is 26.8 Å². The molecule has 0 saturated heterocycles. The Morgan fingerprint density at radius 1 is 1.00 bits per heavy atom. The van der Waals surface area contributed by atoms with Gasteiger partial charge in [-0.15, -0.1) is 0 Å². The summed E-state index contributed by atoms with van der Waals surface area (Å²) in [5.41, 5.74) is 1.20. The zero-order valence-electron chi connectivity index (χ0n) is 22.2. The number of carbonyl (C=O) groups excluding carboxylic acids is 2. The fourth-order valence-electron chi connectivity index (χ4n) is 2.64. The highest BCUT2D eigenvalue weighted by molar-refractivity contribution is 7.99. The van der Waals surface area contributed by atoms with E-state index < -0.39 is 17.6 Å². The van der Waals surface area contributed by atoms with E-state index in [1.54, 1.807) is 30.0 Å². The summed E-state index contributed by atoms with van der Waals surface area (Å²) in [5.74, 6) is 1.24. The van der Waals surface area contributed by atoms with Crippen LogP contribution in [-0.2, 0) is 21.7 Å². The highest BCUT2D eigenvalue weighted by Gasteiger charge is 2.22. The minimum absolute atomic E-state index is 0.0110. The number of anilines is 1. The maximum Gasteiger partial charge on any atom is 0.229 e. The van der Waals surface area contributed by atoms with Gasteiger partial charge < -0.3 is 14.8 Å². The third-order valence-corrected chi connectivity index (χ3v) is 5.69. The van der Waals surface area contributed by atoms with Crippen molar-refractivity contribution in [3.63, 3.8) is 0 Å². The molecule has 1 amide bonds. The van der Waals surface area contributed by atoms with E-state index in [0.29, 0.717) is 28.7 Å². The Labute approximate surface area is 199 Å². The largest absolute Gasteiger partial charge is 0.493 e. The monoisotopic (exact) mass is 459 g/mol. The second-order valence-electron chi connectivity index (χ2n) is 9.58. The summed E-state index contributed by atoms with van der Waals surface area (Å²) < 4.78 is 27.9. The zero-order valence-corrected chi connectivity index (χ0v) is 21.0. The van der Waals surface area contributed by atoms with Gasteiger partial charge in [-0.3, -0.25) is 9.59 Å². The Kier molecular flexibility index (Phi) is 7.40. The number of ketones is 1. The molecule has 0 bridgehead atoms. The van der Waals surface area contributed by atoms with E-state index in [2.05, 4.69) is 26.1 Å². The van der Waals surface area contributed by atoms with Crippen LogP contribution in [0, 0.1) is 5.41 Å². The summed E-state index contributed by atoms with van der Waals surface area (Å²) in [6.45, 7) is 13.2. The average molecular weight is 460 g/mol. The topological polar surface area (TPSA) is 64.6 Å². The first-order valence-corrected chi connectivity index (χ1v) is 11.5. The van der Waals surface area contributed by atoms with Crippen LogP contribution in [0.1, 0.15) is 62.3 Å². The molecule has 6 heteroatoms. The van der Waals surface area contributed by atoms with Crippen LogP contribution < -0.4 is 14.8 Å². The van der Waals surface area contributed by atoms with Crippen LogP contribution in [0.2, 0.25) is 0 Å². The maximum atomic E-state index is 12.5. The Morgan fingerprint density at radius 3 is 2.22 bits per heavy atom. The van der Waals surface area contributed by atoms with Crippen molar-refractivity contribution in [2.75, 3.05) is 12.4 Å². The third kappa shape index (κ3) is 7.90. The zero-order chi connectivity index (χ0) is 25.9. The number of nitrogens with one attached hydrogen (secondary N) is 1. The minimum Gasteiger partial charge on any atom is -0.493 e. The standard InChI is InChI=1S/C26H35NO4S/c1-17(28)13-18-9-11-22(30-8)23(14-18)31-21-12-10-20(27-24(29)25(2,3)4)15-19(21)16-32-26(5,6)7/h9-12,14-15H,13,16H2,1-8H3,(H,27,29)/i13D2. The first-order valence-electron chi connectivity index (χ1n) is 11.5. The Hall–Kier alpha value is -2.47. The average Bonchev–Trinajstić information content (AvgIpc) is 2.72. The summed E-state index contributed by atoms with van der Waals surface area (Å²) in [6.07, 6.45) is -2.14. The van der Waals surface area contributed by atoms with Crippen molar-refractivity contribution in [3.8, 4) is 17.2 Å². The highest BCUT2D eigenvalue weighted by Crippen LogP contribution is 2.38. The molecule has 0 aliphatic carbocycles. The first-order chi connectivity index (χ1) is 15.5. The van der Waals surface area contributed by atoms with Gasteiger partial charge in [-0.1, -0.05) is 47.6 Å². The number of benzene rings is 2. The fourth-order valence-corrected chi connectivity index (χ4v) is 3.45. The molecule has 0 aliphatic rings. The molecule has 0 fully saturated rings. The van der Waals surface area contributed by atoms with Crippen LogP contribution in [0.4, 0.5) is 5.69 Å². The molecule has 1 N–H and O–H groups in total. The van der Waals surface area contributed by atoms with Crippen LogP contribution >= 0.6 is 11.8 Å². The van der Waals surface area contributed by atoms with Gasteiger partial charge in [0.2, 0.25) is 5.91 Å². The molecule has 0 aliphatic heterocycles. The van der Waals surface area contributed by atoms with Crippen molar-refractivity contribution < 1.29 is 21.8 Å². The molecule has 0 atom stereocenters. The van der Waals surface area contributed by atoms with Crippen molar-refractivity contribution in [2.24, 2.45) is 5.41 Å². The van der Waals surface area contributed by atoms with Crippen molar-refractivity contribution in [3.05, 3.63) is 47.5 Å². The highest BCUT2D eigenvalue weighted by atomic mass is 32.2. The Morgan fingerprint density at radius 2 is 1.66 bits per heavy atom. The molecule has 5 nitrogen and oxygen atoms in total. The Balaban J connectivity index is 2.49. The van der Waals surface area contributed by atoms with Gasteiger partial charge in [0.25, 0.3) is 0 Å². The predicted octanol–water partition coefficient (Wildman–Crippen LogP) is 6.64. The summed E-state index contributed by atoms with van der Waals surface area (Å²) >= 11 is 1.74. The van der Waals surface area contributed by atoms with Gasteiger partial charge in [-0.25, -0.2) is 0 Å². The number of hydrogen-bond acceptors (Lipinski definition) is 5. The summed E-state index contributed by atoms with van der Waals surface area (Å²) in [4.78, 5) is 24.3. The number of thioether (sulfide) groups is 1. The van der Waals surface area contributed by atoms with Crippen molar-refractivity contribution >= 4 is 29.1 Å². The van der Waals surface area contributed by atoms with E-state index in [0.717, 1.165) is 5.56 Å². The van der Waals surface area contributed by atoms with Gasteiger partial charge >= 0.3 is 0 Å². The summed E-state index contributed by atoms with van der Waals surface area (Å²) in [5, 5.41) is 2.96. The van der Waals surface area contributed by atoms with Gasteiger partial charge in [0.05, 0.1) is 7.11 Å². The van der Waals surface area contributed by atoms with E-state index >= 15 is 0 Å². The van der Waals surface area contributed by atoms with Gasteiger partial charge in [0.15, 0.2) is 11.5 Å². The van der Waals surface area contributed by atoms with Crippen molar-refractivity contribution in [2.45, 2.75) is 65.3 Å². The molecule has 2 rings (SSSR count). The molecule has 0 saturated carbocycles. The number of Topliss-reactive ketones (excluding diaryl/α,β-unsaturated/α-hetero) is 1.